The van der Waals surface area contributed by atoms with E-state index in [0.717, 1.165) is 18.5 Å². The van der Waals surface area contributed by atoms with Crippen LogP contribution in [0.1, 0.15) is 29.4 Å². The molecule has 1 aromatic heterocycles. The van der Waals surface area contributed by atoms with Gasteiger partial charge in [0.1, 0.15) is 5.69 Å². The van der Waals surface area contributed by atoms with Crippen molar-refractivity contribution in [3.05, 3.63) is 52.8 Å². The van der Waals surface area contributed by atoms with Crippen molar-refractivity contribution in [3.8, 4) is 0 Å². The van der Waals surface area contributed by atoms with Crippen LogP contribution in [0.25, 0.3) is 0 Å². The van der Waals surface area contributed by atoms with E-state index >= 15 is 0 Å². The van der Waals surface area contributed by atoms with Crippen LogP contribution in [0, 0.1) is 0 Å². The summed E-state index contributed by atoms with van der Waals surface area (Å²) in [6.07, 6.45) is 2.80. The van der Waals surface area contributed by atoms with Gasteiger partial charge in [-0.25, -0.2) is 0 Å². The maximum absolute atomic E-state index is 11.9. The summed E-state index contributed by atoms with van der Waals surface area (Å²) in [6, 6.07) is 9.17. The number of carbonyl (C=O) groups is 1. The molecule has 0 atom stereocenters. The Labute approximate surface area is 117 Å². The second-order valence-electron chi connectivity index (χ2n) is 4.24. The van der Waals surface area contributed by atoms with Crippen LogP contribution in [0.2, 0.25) is 5.02 Å². The fourth-order valence-electron chi connectivity index (χ4n) is 1.74. The molecular formula is C14H16ClN3O. The number of hydrogen-bond acceptors (Lipinski definition) is 2. The summed E-state index contributed by atoms with van der Waals surface area (Å²) in [6.45, 7) is 3.29. The predicted octanol–water partition coefficient (Wildman–Crippen LogP) is 2.88. The SMILES string of the molecule is CCCn1ccc(C(=O)NCc2ccccc2Cl)n1. The Kier molecular flexibility index (Phi) is 4.58. The lowest BCUT2D eigenvalue weighted by Crippen LogP contribution is -2.23. The normalized spacial score (nSPS) is 10.4. The Morgan fingerprint density at radius 3 is 2.89 bits per heavy atom. The predicted molar refractivity (Wildman–Crippen MR) is 75.1 cm³/mol. The van der Waals surface area contributed by atoms with Gasteiger partial charge in [-0.3, -0.25) is 9.48 Å². The van der Waals surface area contributed by atoms with Gasteiger partial charge < -0.3 is 5.32 Å². The van der Waals surface area contributed by atoms with E-state index in [1.807, 2.05) is 24.4 Å². The van der Waals surface area contributed by atoms with Crippen molar-refractivity contribution in [1.29, 1.82) is 0 Å². The molecule has 1 N–H and O–H groups in total. The molecule has 2 rings (SSSR count). The van der Waals surface area contributed by atoms with Crippen molar-refractivity contribution in [1.82, 2.24) is 15.1 Å². The Balaban J connectivity index is 1.95. The zero-order chi connectivity index (χ0) is 13.7. The van der Waals surface area contributed by atoms with Crippen LogP contribution in [0.4, 0.5) is 0 Å². The van der Waals surface area contributed by atoms with Gasteiger partial charge in [0.05, 0.1) is 0 Å². The summed E-state index contributed by atoms with van der Waals surface area (Å²) in [5.74, 6) is -0.185. The molecule has 0 aliphatic carbocycles. The van der Waals surface area contributed by atoms with E-state index in [2.05, 4.69) is 17.3 Å². The molecule has 0 bridgehead atoms. The highest BCUT2D eigenvalue weighted by molar-refractivity contribution is 6.31. The van der Waals surface area contributed by atoms with Crippen molar-refractivity contribution in [2.45, 2.75) is 26.4 Å². The minimum absolute atomic E-state index is 0.185. The monoisotopic (exact) mass is 277 g/mol. The number of nitrogens with zero attached hydrogens (tertiary/aromatic N) is 2. The highest BCUT2D eigenvalue weighted by atomic mass is 35.5. The molecule has 19 heavy (non-hydrogen) atoms. The van der Waals surface area contributed by atoms with Gasteiger partial charge in [-0.15, -0.1) is 0 Å². The van der Waals surface area contributed by atoms with Crippen LogP contribution in [0.5, 0.6) is 0 Å². The van der Waals surface area contributed by atoms with E-state index in [1.165, 1.54) is 0 Å². The van der Waals surface area contributed by atoms with Crippen LogP contribution < -0.4 is 5.32 Å². The molecule has 4 nitrogen and oxygen atoms in total. The minimum Gasteiger partial charge on any atom is -0.347 e. The molecular weight excluding hydrogens is 262 g/mol. The van der Waals surface area contributed by atoms with Gasteiger partial charge >= 0.3 is 0 Å². The molecule has 1 aromatic carbocycles. The molecule has 2 aromatic rings. The van der Waals surface area contributed by atoms with Crippen molar-refractivity contribution in [2.75, 3.05) is 0 Å². The second-order valence-corrected chi connectivity index (χ2v) is 4.65. The first-order valence-corrected chi connectivity index (χ1v) is 6.63. The molecule has 0 aliphatic heterocycles. The Morgan fingerprint density at radius 2 is 2.16 bits per heavy atom. The maximum atomic E-state index is 11.9. The first-order chi connectivity index (χ1) is 9.20. The van der Waals surface area contributed by atoms with E-state index in [9.17, 15) is 4.79 Å². The third kappa shape index (κ3) is 3.58. The summed E-state index contributed by atoms with van der Waals surface area (Å²) in [5, 5.41) is 7.67. The van der Waals surface area contributed by atoms with E-state index in [1.54, 1.807) is 16.8 Å². The molecule has 0 fully saturated rings. The Bertz CT molecular complexity index is 565. The molecule has 1 heterocycles. The van der Waals surface area contributed by atoms with E-state index in [0.29, 0.717) is 17.3 Å². The standard InChI is InChI=1S/C14H16ClN3O/c1-2-8-18-9-7-13(17-18)14(19)16-10-11-5-3-4-6-12(11)15/h3-7,9H,2,8,10H2,1H3,(H,16,19). The van der Waals surface area contributed by atoms with Crippen LogP contribution in [-0.2, 0) is 13.1 Å². The average molecular weight is 278 g/mol. The van der Waals surface area contributed by atoms with Crippen molar-refractivity contribution in [3.63, 3.8) is 0 Å². The number of benzene rings is 1. The molecule has 5 heteroatoms. The van der Waals surface area contributed by atoms with Gasteiger partial charge in [0, 0.05) is 24.3 Å². The molecule has 100 valence electrons. The number of rotatable bonds is 5. The van der Waals surface area contributed by atoms with Gasteiger partial charge in [0.15, 0.2) is 0 Å². The van der Waals surface area contributed by atoms with Crippen LogP contribution in [0.15, 0.2) is 36.5 Å². The molecule has 0 aliphatic rings. The fraction of sp³-hybridized carbons (Fsp3) is 0.286. The smallest absolute Gasteiger partial charge is 0.272 e. The summed E-state index contributed by atoms with van der Waals surface area (Å²) in [5.41, 5.74) is 1.33. The molecule has 0 saturated heterocycles. The third-order valence-electron chi connectivity index (χ3n) is 2.72. The average Bonchev–Trinajstić information content (AvgIpc) is 2.87. The molecule has 1 amide bonds. The number of amides is 1. The van der Waals surface area contributed by atoms with Gasteiger partial charge in [0.2, 0.25) is 0 Å². The largest absolute Gasteiger partial charge is 0.347 e. The summed E-state index contributed by atoms with van der Waals surface area (Å²) >= 11 is 6.03. The van der Waals surface area contributed by atoms with E-state index in [-0.39, 0.29) is 5.91 Å². The minimum atomic E-state index is -0.185. The van der Waals surface area contributed by atoms with Crippen molar-refractivity contribution >= 4 is 17.5 Å². The number of nitrogens with one attached hydrogen (secondary N) is 1. The number of hydrogen-bond donors (Lipinski definition) is 1. The first-order valence-electron chi connectivity index (χ1n) is 6.25. The first kappa shape index (κ1) is 13.6. The highest BCUT2D eigenvalue weighted by Gasteiger charge is 2.09. The quantitative estimate of drug-likeness (QED) is 0.913. The van der Waals surface area contributed by atoms with E-state index < -0.39 is 0 Å². The topological polar surface area (TPSA) is 46.9 Å². The van der Waals surface area contributed by atoms with Gasteiger partial charge in [-0.2, -0.15) is 5.10 Å². The van der Waals surface area contributed by atoms with Crippen molar-refractivity contribution in [2.24, 2.45) is 0 Å². The lowest BCUT2D eigenvalue weighted by atomic mass is 10.2. The molecule has 0 saturated carbocycles. The molecule has 0 spiro atoms. The van der Waals surface area contributed by atoms with E-state index in [4.69, 9.17) is 11.6 Å². The number of aromatic nitrogens is 2. The van der Waals surface area contributed by atoms with Gasteiger partial charge in [0.25, 0.3) is 5.91 Å². The second kappa shape index (κ2) is 6.38. The fourth-order valence-corrected chi connectivity index (χ4v) is 1.95. The van der Waals surface area contributed by atoms with Crippen LogP contribution >= 0.6 is 11.6 Å². The number of halogens is 1. The number of aryl methyl sites for hydroxylation is 1. The summed E-state index contributed by atoms with van der Waals surface area (Å²) < 4.78 is 1.77. The molecule has 0 radical (unpaired) electrons. The molecule has 0 unspecified atom stereocenters. The van der Waals surface area contributed by atoms with Gasteiger partial charge in [-0.1, -0.05) is 36.7 Å². The number of carbonyl (C=O) groups excluding carboxylic acids is 1. The zero-order valence-corrected chi connectivity index (χ0v) is 11.5. The van der Waals surface area contributed by atoms with Crippen LogP contribution in [0.3, 0.4) is 0 Å². The van der Waals surface area contributed by atoms with Gasteiger partial charge in [-0.05, 0) is 24.1 Å². The Morgan fingerprint density at radius 1 is 1.37 bits per heavy atom. The maximum Gasteiger partial charge on any atom is 0.272 e. The third-order valence-corrected chi connectivity index (χ3v) is 3.09. The van der Waals surface area contributed by atoms with Crippen molar-refractivity contribution < 1.29 is 4.79 Å². The Hall–Kier alpha value is -1.81. The zero-order valence-electron chi connectivity index (χ0n) is 10.8. The lowest BCUT2D eigenvalue weighted by molar-refractivity contribution is 0.0945. The summed E-state index contributed by atoms with van der Waals surface area (Å²) in [7, 11) is 0. The van der Waals surface area contributed by atoms with Crippen LogP contribution in [-0.4, -0.2) is 15.7 Å². The summed E-state index contributed by atoms with van der Waals surface area (Å²) in [4.78, 5) is 11.9. The lowest BCUT2D eigenvalue weighted by Gasteiger charge is -2.05. The highest BCUT2D eigenvalue weighted by Crippen LogP contribution is 2.14.